The highest BCUT2D eigenvalue weighted by Gasteiger charge is 2.35. The normalized spacial score (nSPS) is 33.4. The Labute approximate surface area is 100 Å². The predicted molar refractivity (Wildman–Crippen MR) is 67.6 cm³/mol. The summed E-state index contributed by atoms with van der Waals surface area (Å²) in [6.07, 6.45) is 8.75. The Balaban J connectivity index is 1.90. The number of hydrogen-bond donors (Lipinski definition) is 1. The van der Waals surface area contributed by atoms with Gasteiger partial charge in [0, 0.05) is 12.0 Å². The lowest BCUT2D eigenvalue weighted by Gasteiger charge is -2.29. The Morgan fingerprint density at radius 1 is 1.25 bits per heavy atom. The van der Waals surface area contributed by atoms with E-state index in [2.05, 4.69) is 19.2 Å². The van der Waals surface area contributed by atoms with E-state index in [0.29, 0.717) is 6.10 Å². The van der Waals surface area contributed by atoms with Crippen LogP contribution in [-0.2, 0) is 4.74 Å². The van der Waals surface area contributed by atoms with Crippen molar-refractivity contribution in [2.75, 3.05) is 13.2 Å². The fourth-order valence-electron chi connectivity index (χ4n) is 3.45. The molecule has 2 nitrogen and oxygen atoms in total. The van der Waals surface area contributed by atoms with Crippen LogP contribution in [-0.4, -0.2) is 25.3 Å². The summed E-state index contributed by atoms with van der Waals surface area (Å²) in [5.41, 5.74) is 0. The average molecular weight is 225 g/mol. The largest absolute Gasteiger partial charge is 0.378 e. The molecule has 2 fully saturated rings. The van der Waals surface area contributed by atoms with Gasteiger partial charge < -0.3 is 10.1 Å². The van der Waals surface area contributed by atoms with Gasteiger partial charge in [0.05, 0.1) is 12.7 Å². The van der Waals surface area contributed by atoms with E-state index in [1.165, 1.54) is 45.1 Å². The van der Waals surface area contributed by atoms with E-state index in [9.17, 15) is 0 Å². The van der Waals surface area contributed by atoms with Crippen LogP contribution in [0.1, 0.15) is 52.4 Å². The molecule has 3 unspecified atom stereocenters. The van der Waals surface area contributed by atoms with Crippen LogP contribution in [0, 0.1) is 11.8 Å². The Kier molecular flexibility index (Phi) is 4.66. The Bertz CT molecular complexity index is 201. The molecule has 2 aliphatic rings. The molecule has 3 atom stereocenters. The van der Waals surface area contributed by atoms with Gasteiger partial charge in [-0.15, -0.1) is 0 Å². The molecule has 0 amide bonds. The van der Waals surface area contributed by atoms with Crippen molar-refractivity contribution >= 4 is 0 Å². The molecule has 1 aliphatic carbocycles. The minimum Gasteiger partial charge on any atom is -0.378 e. The Hall–Kier alpha value is -0.0800. The first-order chi connectivity index (χ1) is 7.81. The van der Waals surface area contributed by atoms with Crippen molar-refractivity contribution in [3.05, 3.63) is 0 Å². The molecule has 0 aromatic carbocycles. The highest BCUT2D eigenvalue weighted by molar-refractivity contribution is 4.89. The monoisotopic (exact) mass is 225 g/mol. The topological polar surface area (TPSA) is 21.3 Å². The third kappa shape index (κ3) is 2.98. The van der Waals surface area contributed by atoms with Gasteiger partial charge in [-0.3, -0.25) is 0 Å². The molecule has 2 heteroatoms. The minimum atomic E-state index is 0.484. The molecule has 94 valence electrons. The molecule has 0 spiro atoms. The summed E-state index contributed by atoms with van der Waals surface area (Å²) in [5, 5.41) is 3.79. The second kappa shape index (κ2) is 6.02. The Morgan fingerprint density at radius 2 is 2.00 bits per heavy atom. The van der Waals surface area contributed by atoms with Crippen molar-refractivity contribution in [3.63, 3.8) is 0 Å². The fraction of sp³-hybridized carbons (Fsp3) is 1.00. The van der Waals surface area contributed by atoms with Gasteiger partial charge in [-0.2, -0.15) is 0 Å². The van der Waals surface area contributed by atoms with Crippen LogP contribution in [0.4, 0.5) is 0 Å². The van der Waals surface area contributed by atoms with Gasteiger partial charge >= 0.3 is 0 Å². The molecule has 1 saturated heterocycles. The number of nitrogens with one attached hydrogen (secondary N) is 1. The predicted octanol–water partition coefficient (Wildman–Crippen LogP) is 2.97. The van der Waals surface area contributed by atoms with Crippen molar-refractivity contribution in [2.24, 2.45) is 11.8 Å². The van der Waals surface area contributed by atoms with Crippen molar-refractivity contribution in [3.8, 4) is 0 Å². The number of hydrogen-bond acceptors (Lipinski definition) is 2. The first-order valence-electron chi connectivity index (χ1n) is 7.16. The minimum absolute atomic E-state index is 0.484. The summed E-state index contributed by atoms with van der Waals surface area (Å²) in [5.74, 6) is 1.69. The zero-order chi connectivity index (χ0) is 11.4. The summed E-state index contributed by atoms with van der Waals surface area (Å²) in [7, 11) is 0. The average Bonchev–Trinajstić information content (AvgIpc) is 2.91. The molecule has 0 aromatic heterocycles. The third-order valence-electron chi connectivity index (χ3n) is 4.28. The van der Waals surface area contributed by atoms with Crippen molar-refractivity contribution in [1.29, 1.82) is 0 Å². The van der Waals surface area contributed by atoms with E-state index in [-0.39, 0.29) is 0 Å². The zero-order valence-electron chi connectivity index (χ0n) is 10.9. The molecule has 1 aliphatic heterocycles. The van der Waals surface area contributed by atoms with E-state index in [4.69, 9.17) is 4.74 Å². The number of ether oxygens (including phenoxy) is 1. The van der Waals surface area contributed by atoms with Crippen LogP contribution in [0.3, 0.4) is 0 Å². The van der Waals surface area contributed by atoms with Gasteiger partial charge in [0.15, 0.2) is 0 Å². The Morgan fingerprint density at radius 3 is 2.56 bits per heavy atom. The second-order valence-corrected chi connectivity index (χ2v) is 5.66. The molecule has 1 N–H and O–H groups in total. The summed E-state index contributed by atoms with van der Waals surface area (Å²) in [4.78, 5) is 0. The molecule has 0 radical (unpaired) electrons. The van der Waals surface area contributed by atoms with E-state index < -0.39 is 0 Å². The van der Waals surface area contributed by atoms with Crippen LogP contribution in [0.2, 0.25) is 0 Å². The molecular formula is C14H27NO. The fourth-order valence-corrected chi connectivity index (χ4v) is 3.45. The first-order valence-corrected chi connectivity index (χ1v) is 7.16. The van der Waals surface area contributed by atoms with Crippen LogP contribution >= 0.6 is 0 Å². The van der Waals surface area contributed by atoms with Crippen molar-refractivity contribution in [1.82, 2.24) is 5.32 Å². The maximum absolute atomic E-state index is 5.75. The molecule has 0 bridgehead atoms. The van der Waals surface area contributed by atoms with Crippen LogP contribution in [0.15, 0.2) is 0 Å². The van der Waals surface area contributed by atoms with Crippen LogP contribution in [0.25, 0.3) is 0 Å². The van der Waals surface area contributed by atoms with Crippen LogP contribution in [0.5, 0.6) is 0 Å². The van der Waals surface area contributed by atoms with E-state index in [1.54, 1.807) is 0 Å². The van der Waals surface area contributed by atoms with Gasteiger partial charge in [0.25, 0.3) is 0 Å². The second-order valence-electron chi connectivity index (χ2n) is 5.66. The zero-order valence-corrected chi connectivity index (χ0v) is 10.9. The highest BCUT2D eigenvalue weighted by Crippen LogP contribution is 2.34. The van der Waals surface area contributed by atoms with E-state index in [1.807, 2.05) is 0 Å². The lowest BCUT2D eigenvalue weighted by molar-refractivity contribution is 0.113. The maximum Gasteiger partial charge on any atom is 0.0551 e. The summed E-state index contributed by atoms with van der Waals surface area (Å²) >= 11 is 0. The molecule has 0 aromatic rings. The van der Waals surface area contributed by atoms with E-state index in [0.717, 1.165) is 24.5 Å². The van der Waals surface area contributed by atoms with Gasteiger partial charge in [0.1, 0.15) is 0 Å². The van der Waals surface area contributed by atoms with Gasteiger partial charge in [-0.05, 0) is 45.1 Å². The van der Waals surface area contributed by atoms with Gasteiger partial charge in [-0.1, -0.05) is 19.8 Å². The molecular weight excluding hydrogens is 198 g/mol. The lowest BCUT2D eigenvalue weighted by Crippen LogP contribution is -2.42. The molecule has 1 heterocycles. The molecule has 2 rings (SSSR count). The maximum atomic E-state index is 5.75. The van der Waals surface area contributed by atoms with Gasteiger partial charge in [-0.25, -0.2) is 0 Å². The molecule has 1 saturated carbocycles. The van der Waals surface area contributed by atoms with Crippen LogP contribution < -0.4 is 5.32 Å². The summed E-state index contributed by atoms with van der Waals surface area (Å²) in [6, 6.07) is 0.729. The van der Waals surface area contributed by atoms with Gasteiger partial charge in [0.2, 0.25) is 0 Å². The lowest BCUT2D eigenvalue weighted by atomic mass is 9.85. The first kappa shape index (κ1) is 12.4. The van der Waals surface area contributed by atoms with E-state index >= 15 is 0 Å². The molecule has 16 heavy (non-hydrogen) atoms. The summed E-state index contributed by atoms with van der Waals surface area (Å²) in [6.45, 7) is 6.63. The summed E-state index contributed by atoms with van der Waals surface area (Å²) < 4.78 is 5.75. The smallest absolute Gasteiger partial charge is 0.0551 e. The van der Waals surface area contributed by atoms with Crippen molar-refractivity contribution in [2.45, 2.75) is 64.5 Å². The quantitative estimate of drug-likeness (QED) is 0.776. The standard InChI is InChI=1S/C14H27NO/c1-3-8-15-14(12-6-4-5-7-12)13-9-11(2)16-10-13/h11-15H,3-10H2,1-2H3. The van der Waals surface area contributed by atoms with Crippen molar-refractivity contribution < 1.29 is 4.74 Å². The number of rotatable bonds is 5. The third-order valence-corrected chi connectivity index (χ3v) is 4.28. The highest BCUT2D eigenvalue weighted by atomic mass is 16.5. The SMILES string of the molecule is CCCNC(C1CCCC1)C1COC(C)C1.